The highest BCUT2D eigenvalue weighted by Gasteiger charge is 2.44. The quantitative estimate of drug-likeness (QED) is 0.555. The van der Waals surface area contributed by atoms with Gasteiger partial charge < -0.3 is 19.7 Å². The molecule has 1 aliphatic carbocycles. The van der Waals surface area contributed by atoms with Gasteiger partial charge in [0, 0.05) is 36.4 Å². The Kier molecular flexibility index (Phi) is 10.4. The lowest BCUT2D eigenvalue weighted by atomic mass is 10.1. The van der Waals surface area contributed by atoms with E-state index in [4.69, 9.17) is 29.3 Å². The van der Waals surface area contributed by atoms with Crippen LogP contribution in [0.5, 0.6) is 5.88 Å². The first-order chi connectivity index (χ1) is 16.8. The number of thiazole rings is 1. The van der Waals surface area contributed by atoms with Crippen LogP contribution < -0.4 is 4.74 Å². The highest BCUT2D eigenvalue weighted by molar-refractivity contribution is 7.09. The van der Waals surface area contributed by atoms with E-state index in [0.717, 1.165) is 32.5 Å². The Morgan fingerprint density at radius 2 is 1.69 bits per heavy atom. The fourth-order valence-corrected chi connectivity index (χ4v) is 4.03. The van der Waals surface area contributed by atoms with E-state index in [-0.39, 0.29) is 12.2 Å². The summed E-state index contributed by atoms with van der Waals surface area (Å²) < 4.78 is 75.5. The monoisotopic (exact) mass is 545 g/mol. The van der Waals surface area contributed by atoms with E-state index >= 15 is 0 Å². The SMILES string of the molecule is O=C(O)C(F)(F)F.O=C(O)C(F)(F)F.c1ccc(O[C@@H]2CC[C@H]3[C@H]2OCCN3Cc2nccs2)nc1. The second-order valence-electron chi connectivity index (χ2n) is 7.31. The molecule has 1 saturated carbocycles. The number of hydrogen-bond donors (Lipinski definition) is 2. The first kappa shape index (κ1) is 29.3. The van der Waals surface area contributed by atoms with Gasteiger partial charge in [0.25, 0.3) is 0 Å². The van der Waals surface area contributed by atoms with Crippen LogP contribution in [0.3, 0.4) is 0 Å². The highest BCUT2D eigenvalue weighted by atomic mass is 32.1. The summed E-state index contributed by atoms with van der Waals surface area (Å²) in [6, 6.07) is 6.18. The van der Waals surface area contributed by atoms with Crippen molar-refractivity contribution in [2.45, 2.75) is 50.0 Å². The minimum atomic E-state index is -5.08. The van der Waals surface area contributed by atoms with Gasteiger partial charge in [0.15, 0.2) is 0 Å². The Labute approximate surface area is 204 Å². The smallest absolute Gasteiger partial charge is 0.475 e. The van der Waals surface area contributed by atoms with Crippen molar-refractivity contribution in [3.05, 3.63) is 41.0 Å². The summed E-state index contributed by atoms with van der Waals surface area (Å²) in [7, 11) is 0. The summed E-state index contributed by atoms with van der Waals surface area (Å²) in [5.74, 6) is -4.83. The Morgan fingerprint density at radius 1 is 1.06 bits per heavy atom. The summed E-state index contributed by atoms with van der Waals surface area (Å²) in [5.41, 5.74) is 0. The van der Waals surface area contributed by atoms with Gasteiger partial charge in [-0.3, -0.25) is 4.90 Å². The number of rotatable bonds is 4. The van der Waals surface area contributed by atoms with Crippen molar-refractivity contribution in [2.75, 3.05) is 13.2 Å². The molecule has 1 saturated heterocycles. The second kappa shape index (κ2) is 12.8. The van der Waals surface area contributed by atoms with E-state index in [1.54, 1.807) is 17.5 Å². The van der Waals surface area contributed by atoms with Gasteiger partial charge in [0.2, 0.25) is 5.88 Å². The van der Waals surface area contributed by atoms with Gasteiger partial charge in [-0.25, -0.2) is 19.6 Å². The third-order valence-corrected chi connectivity index (χ3v) is 5.63. The van der Waals surface area contributed by atoms with Crippen LogP contribution in [0.2, 0.25) is 0 Å². The molecule has 0 radical (unpaired) electrons. The molecule has 0 amide bonds. The number of hydrogen-bond acceptors (Lipinski definition) is 8. The number of nitrogens with zero attached hydrogens (tertiary/aromatic N) is 3. The number of morpholine rings is 1. The number of aliphatic carboxylic acids is 2. The molecule has 16 heteroatoms. The number of pyridine rings is 1. The third-order valence-electron chi connectivity index (χ3n) is 4.87. The summed E-state index contributed by atoms with van der Waals surface area (Å²) in [4.78, 5) is 29.0. The molecule has 1 aliphatic heterocycles. The molecule has 0 bridgehead atoms. The topological polar surface area (TPSA) is 122 Å². The summed E-state index contributed by atoms with van der Waals surface area (Å²) in [5, 5.41) is 17.5. The Morgan fingerprint density at radius 3 is 2.19 bits per heavy atom. The molecule has 0 spiro atoms. The van der Waals surface area contributed by atoms with E-state index in [1.807, 2.05) is 29.8 Å². The summed E-state index contributed by atoms with van der Waals surface area (Å²) in [6.07, 6.45) is -4.18. The molecular formula is C20H21F6N3O6S. The van der Waals surface area contributed by atoms with Gasteiger partial charge in [-0.2, -0.15) is 26.3 Å². The second-order valence-corrected chi connectivity index (χ2v) is 8.29. The van der Waals surface area contributed by atoms with E-state index < -0.39 is 24.3 Å². The van der Waals surface area contributed by atoms with Crippen LogP contribution in [-0.4, -0.2) is 80.8 Å². The lowest BCUT2D eigenvalue weighted by molar-refractivity contribution is -0.193. The van der Waals surface area contributed by atoms with Crippen LogP contribution in [0.15, 0.2) is 36.0 Å². The number of carboxylic acid groups (broad SMARTS) is 2. The lowest BCUT2D eigenvalue weighted by Gasteiger charge is -2.38. The van der Waals surface area contributed by atoms with E-state index in [9.17, 15) is 26.3 Å². The molecule has 2 N–H and O–H groups in total. The summed E-state index contributed by atoms with van der Waals surface area (Å²) >= 11 is 1.72. The minimum Gasteiger partial charge on any atom is -0.475 e. The zero-order chi connectivity index (χ0) is 26.9. The molecule has 2 aromatic rings. The highest BCUT2D eigenvalue weighted by Crippen LogP contribution is 2.33. The Balaban J connectivity index is 0.000000271. The predicted octanol–water partition coefficient (Wildman–Crippen LogP) is 3.62. The largest absolute Gasteiger partial charge is 0.490 e. The molecule has 3 atom stereocenters. The van der Waals surface area contributed by atoms with Crippen molar-refractivity contribution in [2.24, 2.45) is 0 Å². The molecule has 9 nitrogen and oxygen atoms in total. The van der Waals surface area contributed by atoms with Gasteiger partial charge in [-0.1, -0.05) is 6.07 Å². The van der Waals surface area contributed by atoms with Gasteiger partial charge >= 0.3 is 24.3 Å². The van der Waals surface area contributed by atoms with Crippen LogP contribution in [0, 0.1) is 0 Å². The number of fused-ring (bicyclic) bond motifs is 1. The molecule has 3 heterocycles. The van der Waals surface area contributed by atoms with Crippen molar-refractivity contribution in [3.8, 4) is 5.88 Å². The molecule has 36 heavy (non-hydrogen) atoms. The van der Waals surface area contributed by atoms with Crippen molar-refractivity contribution in [3.63, 3.8) is 0 Å². The number of alkyl halides is 6. The van der Waals surface area contributed by atoms with Crippen molar-refractivity contribution >= 4 is 23.3 Å². The molecule has 0 unspecified atom stereocenters. The molecular weight excluding hydrogens is 524 g/mol. The first-order valence-electron chi connectivity index (χ1n) is 10.2. The minimum absolute atomic E-state index is 0.0963. The average molecular weight is 545 g/mol. The molecule has 0 aromatic carbocycles. The maximum atomic E-state index is 10.6. The van der Waals surface area contributed by atoms with Gasteiger partial charge in [-0.15, -0.1) is 11.3 Å². The number of ether oxygens (including phenoxy) is 2. The molecule has 4 rings (SSSR count). The number of aromatic nitrogens is 2. The lowest BCUT2D eigenvalue weighted by Crippen LogP contribution is -2.51. The molecule has 2 aliphatic rings. The van der Waals surface area contributed by atoms with Gasteiger partial charge in [-0.05, 0) is 18.9 Å². The zero-order valence-electron chi connectivity index (χ0n) is 18.3. The fraction of sp³-hybridized carbons (Fsp3) is 0.500. The van der Waals surface area contributed by atoms with Crippen LogP contribution >= 0.6 is 11.3 Å². The van der Waals surface area contributed by atoms with Crippen molar-refractivity contribution in [1.29, 1.82) is 0 Å². The van der Waals surface area contributed by atoms with E-state index in [0.29, 0.717) is 11.9 Å². The van der Waals surface area contributed by atoms with Crippen LogP contribution in [0.1, 0.15) is 17.8 Å². The first-order valence-corrected chi connectivity index (χ1v) is 11.1. The van der Waals surface area contributed by atoms with Gasteiger partial charge in [0.1, 0.15) is 17.2 Å². The van der Waals surface area contributed by atoms with E-state index in [1.165, 1.54) is 5.01 Å². The average Bonchev–Trinajstić information content (AvgIpc) is 3.45. The zero-order valence-corrected chi connectivity index (χ0v) is 19.1. The predicted molar refractivity (Wildman–Crippen MR) is 111 cm³/mol. The van der Waals surface area contributed by atoms with Crippen LogP contribution in [0.4, 0.5) is 26.3 Å². The Hall–Kier alpha value is -2.98. The van der Waals surface area contributed by atoms with Crippen molar-refractivity contribution < 1.29 is 55.6 Å². The third kappa shape index (κ3) is 9.23. The van der Waals surface area contributed by atoms with Gasteiger partial charge in [0.05, 0.1) is 13.2 Å². The molecule has 200 valence electrons. The number of halogens is 6. The maximum absolute atomic E-state index is 10.6. The number of carbonyl (C=O) groups is 2. The fourth-order valence-electron chi connectivity index (χ4n) is 3.39. The van der Waals surface area contributed by atoms with Crippen molar-refractivity contribution in [1.82, 2.24) is 14.9 Å². The summed E-state index contributed by atoms with van der Waals surface area (Å²) in [6.45, 7) is 2.64. The van der Waals surface area contributed by atoms with Crippen LogP contribution in [-0.2, 0) is 20.9 Å². The van der Waals surface area contributed by atoms with Crippen LogP contribution in [0.25, 0.3) is 0 Å². The normalized spacial score (nSPS) is 21.8. The standard InChI is InChI=1S/C16H19N3O2S.2C2HF3O2/c1-2-6-17-14(3-1)21-13-5-4-12-16(13)20-9-8-19(12)11-15-18-7-10-22-15;2*3-2(4,5)1(6)7/h1-3,6-7,10,12-13,16H,4-5,8-9,11H2;2*(H,6,7)/t12-,13+,16+;;/m0../s1. The van der Waals surface area contributed by atoms with E-state index in [2.05, 4.69) is 14.9 Å². The molecule has 2 aromatic heterocycles. The maximum Gasteiger partial charge on any atom is 0.490 e. The molecule has 2 fully saturated rings. The Bertz CT molecular complexity index is 937. The number of carboxylic acids is 2.